The summed E-state index contributed by atoms with van der Waals surface area (Å²) in [5.41, 5.74) is 2.07. The lowest BCUT2D eigenvalue weighted by molar-refractivity contribution is 0.100. The highest BCUT2D eigenvalue weighted by Crippen LogP contribution is 2.30. The van der Waals surface area contributed by atoms with Crippen molar-refractivity contribution in [2.45, 2.75) is 33.3 Å². The Bertz CT molecular complexity index is 891. The first-order valence-corrected chi connectivity index (χ1v) is 8.93. The van der Waals surface area contributed by atoms with Crippen LogP contribution in [-0.2, 0) is 6.61 Å². The van der Waals surface area contributed by atoms with Gasteiger partial charge in [0.15, 0.2) is 5.78 Å². The van der Waals surface area contributed by atoms with E-state index in [2.05, 4.69) is 11.9 Å². The minimum atomic E-state index is -0.127. The maximum atomic E-state index is 12.1. The minimum Gasteiger partial charge on any atom is -0.491 e. The molecule has 0 saturated carbocycles. The van der Waals surface area contributed by atoms with Crippen molar-refractivity contribution in [2.75, 3.05) is 6.61 Å². The van der Waals surface area contributed by atoms with Gasteiger partial charge in [0.1, 0.15) is 29.3 Å². The smallest absolute Gasteiger partial charge is 0.181 e. The van der Waals surface area contributed by atoms with E-state index >= 15 is 0 Å². The van der Waals surface area contributed by atoms with E-state index in [0.717, 1.165) is 23.8 Å². The highest BCUT2D eigenvalue weighted by atomic mass is 16.5. The number of fused-ring (bicyclic) bond motifs is 1. The summed E-state index contributed by atoms with van der Waals surface area (Å²) in [5, 5.41) is 0.895. The Morgan fingerprint density at radius 1 is 1.00 bits per heavy atom. The third-order valence-electron chi connectivity index (χ3n) is 4.10. The highest BCUT2D eigenvalue weighted by molar-refractivity contribution is 5.98. The molecule has 0 unspecified atom stereocenters. The number of para-hydroxylation sites is 1. The van der Waals surface area contributed by atoms with Gasteiger partial charge in [-0.15, -0.1) is 0 Å². The summed E-state index contributed by atoms with van der Waals surface area (Å²) in [4.78, 5) is 16.7. The summed E-state index contributed by atoms with van der Waals surface area (Å²) in [7, 11) is 0. The van der Waals surface area contributed by atoms with Crippen LogP contribution in [0.3, 0.4) is 0 Å². The zero-order valence-corrected chi connectivity index (χ0v) is 15.2. The van der Waals surface area contributed by atoms with Crippen LogP contribution in [0.4, 0.5) is 0 Å². The number of benzene rings is 2. The number of hydrogen-bond acceptors (Lipinski definition) is 4. The van der Waals surface area contributed by atoms with Gasteiger partial charge < -0.3 is 9.47 Å². The molecule has 0 aliphatic carbocycles. The van der Waals surface area contributed by atoms with E-state index in [-0.39, 0.29) is 5.78 Å². The summed E-state index contributed by atoms with van der Waals surface area (Å²) < 4.78 is 11.8. The summed E-state index contributed by atoms with van der Waals surface area (Å²) in [6.07, 6.45) is 2.04. The molecule has 0 fully saturated rings. The fraction of sp³-hybridized carbons (Fsp3) is 0.273. The van der Waals surface area contributed by atoms with Gasteiger partial charge in [-0.25, -0.2) is 4.98 Å². The molecular formula is C22H23NO3. The molecule has 0 amide bonds. The third-order valence-corrected chi connectivity index (χ3v) is 4.10. The second kappa shape index (κ2) is 8.48. The molecule has 2 aromatic carbocycles. The molecule has 0 atom stereocenters. The minimum absolute atomic E-state index is 0.127. The van der Waals surface area contributed by atoms with Crippen LogP contribution in [-0.4, -0.2) is 17.4 Å². The molecule has 26 heavy (non-hydrogen) atoms. The summed E-state index contributed by atoms with van der Waals surface area (Å²) in [5.74, 6) is 1.07. The van der Waals surface area contributed by atoms with Crippen molar-refractivity contribution in [3.05, 3.63) is 65.9 Å². The number of ether oxygens (including phenoxy) is 2. The molecule has 134 valence electrons. The Morgan fingerprint density at radius 3 is 2.54 bits per heavy atom. The van der Waals surface area contributed by atoms with Gasteiger partial charge >= 0.3 is 0 Å². The maximum absolute atomic E-state index is 12.1. The lowest BCUT2D eigenvalue weighted by atomic mass is 10.1. The molecular weight excluding hydrogens is 326 g/mol. The molecule has 0 N–H and O–H groups in total. The number of ketones is 1. The average molecular weight is 349 g/mol. The first-order chi connectivity index (χ1) is 12.7. The summed E-state index contributed by atoms with van der Waals surface area (Å²) in [6.45, 7) is 4.65. The molecule has 1 aromatic heterocycles. The predicted octanol–water partition coefficient (Wildman–Crippen LogP) is 5.20. The van der Waals surface area contributed by atoms with E-state index in [9.17, 15) is 4.79 Å². The third kappa shape index (κ3) is 4.20. The van der Waals surface area contributed by atoms with Gasteiger partial charge in [-0.05, 0) is 24.1 Å². The lowest BCUT2D eigenvalue weighted by Gasteiger charge is -2.13. The van der Waals surface area contributed by atoms with E-state index in [1.54, 1.807) is 0 Å². The second-order valence-corrected chi connectivity index (χ2v) is 6.20. The van der Waals surface area contributed by atoms with Crippen molar-refractivity contribution < 1.29 is 14.3 Å². The molecule has 4 nitrogen and oxygen atoms in total. The van der Waals surface area contributed by atoms with Crippen molar-refractivity contribution in [2.24, 2.45) is 0 Å². The number of rotatable bonds is 8. The Kier molecular flexibility index (Phi) is 5.84. The van der Waals surface area contributed by atoms with Gasteiger partial charge in [-0.1, -0.05) is 55.8 Å². The van der Waals surface area contributed by atoms with E-state index in [1.165, 1.54) is 6.92 Å². The maximum Gasteiger partial charge on any atom is 0.181 e. The zero-order chi connectivity index (χ0) is 18.4. The van der Waals surface area contributed by atoms with Crippen LogP contribution in [0.2, 0.25) is 0 Å². The zero-order valence-electron chi connectivity index (χ0n) is 15.2. The van der Waals surface area contributed by atoms with E-state index in [1.807, 2.05) is 54.6 Å². The van der Waals surface area contributed by atoms with Crippen LogP contribution in [0.25, 0.3) is 10.9 Å². The average Bonchev–Trinajstić information content (AvgIpc) is 2.66. The van der Waals surface area contributed by atoms with Gasteiger partial charge in [0.05, 0.1) is 6.61 Å². The Balaban J connectivity index is 1.93. The van der Waals surface area contributed by atoms with Crippen molar-refractivity contribution in [3.63, 3.8) is 0 Å². The van der Waals surface area contributed by atoms with Crippen molar-refractivity contribution in [1.82, 2.24) is 4.98 Å². The molecule has 1 heterocycles. The van der Waals surface area contributed by atoms with Gasteiger partial charge in [-0.2, -0.15) is 0 Å². The molecule has 0 bridgehead atoms. The van der Waals surface area contributed by atoms with Gasteiger partial charge in [0.2, 0.25) is 0 Å². The van der Waals surface area contributed by atoms with Crippen LogP contribution in [0.1, 0.15) is 42.7 Å². The van der Waals surface area contributed by atoms with Crippen LogP contribution in [0, 0.1) is 0 Å². The Morgan fingerprint density at radius 2 is 1.81 bits per heavy atom. The first kappa shape index (κ1) is 17.9. The van der Waals surface area contributed by atoms with Crippen LogP contribution >= 0.6 is 0 Å². The first-order valence-electron chi connectivity index (χ1n) is 8.93. The van der Waals surface area contributed by atoms with Crippen LogP contribution in [0.5, 0.6) is 11.5 Å². The number of nitrogens with zero attached hydrogens (tertiary/aromatic N) is 1. The molecule has 4 heteroatoms. The molecule has 0 aliphatic rings. The Labute approximate surface area is 153 Å². The number of Topliss-reactive ketones (excluding diaryl/α,β-unsaturated/α-hetero) is 1. The molecule has 0 saturated heterocycles. The normalized spacial score (nSPS) is 10.7. The molecule has 3 aromatic rings. The number of carbonyl (C=O) groups excluding carboxylic acids is 1. The Hall–Kier alpha value is -2.88. The standard InChI is InChI=1S/C22H23NO3/c1-3-4-13-25-19-12-8-11-18-14-20(21(16(2)24)23-22(18)19)26-15-17-9-6-5-7-10-17/h5-12,14H,3-4,13,15H2,1-2H3. The number of aromatic nitrogens is 1. The fourth-order valence-corrected chi connectivity index (χ4v) is 2.69. The number of carbonyl (C=O) groups is 1. The number of hydrogen-bond donors (Lipinski definition) is 0. The van der Waals surface area contributed by atoms with E-state index in [4.69, 9.17) is 9.47 Å². The van der Waals surface area contributed by atoms with E-state index in [0.29, 0.717) is 35.9 Å². The second-order valence-electron chi connectivity index (χ2n) is 6.20. The van der Waals surface area contributed by atoms with E-state index < -0.39 is 0 Å². The molecule has 0 aliphatic heterocycles. The molecule has 3 rings (SSSR count). The monoisotopic (exact) mass is 349 g/mol. The highest BCUT2D eigenvalue weighted by Gasteiger charge is 2.15. The van der Waals surface area contributed by atoms with Gasteiger partial charge in [0, 0.05) is 12.3 Å². The SMILES string of the molecule is CCCCOc1cccc2cc(OCc3ccccc3)c(C(C)=O)nc12. The van der Waals surface area contributed by atoms with Crippen LogP contribution in [0.15, 0.2) is 54.6 Å². The topological polar surface area (TPSA) is 48.4 Å². The number of unbranched alkanes of at least 4 members (excludes halogenated alkanes) is 1. The van der Waals surface area contributed by atoms with Crippen molar-refractivity contribution >= 4 is 16.7 Å². The van der Waals surface area contributed by atoms with Gasteiger partial charge in [0.25, 0.3) is 0 Å². The quantitative estimate of drug-likeness (QED) is 0.414. The van der Waals surface area contributed by atoms with Crippen molar-refractivity contribution in [1.29, 1.82) is 0 Å². The predicted molar refractivity (Wildman–Crippen MR) is 103 cm³/mol. The summed E-state index contributed by atoms with van der Waals surface area (Å²) in [6, 6.07) is 17.5. The molecule has 0 radical (unpaired) electrons. The lowest BCUT2D eigenvalue weighted by Crippen LogP contribution is -2.05. The molecule has 0 spiro atoms. The van der Waals surface area contributed by atoms with Gasteiger partial charge in [-0.3, -0.25) is 4.79 Å². The fourth-order valence-electron chi connectivity index (χ4n) is 2.69. The summed E-state index contributed by atoms with van der Waals surface area (Å²) >= 11 is 0. The van der Waals surface area contributed by atoms with Crippen molar-refractivity contribution in [3.8, 4) is 11.5 Å². The largest absolute Gasteiger partial charge is 0.491 e. The number of pyridine rings is 1. The van der Waals surface area contributed by atoms with Crippen LogP contribution < -0.4 is 9.47 Å².